The van der Waals surface area contributed by atoms with Gasteiger partial charge in [-0.25, -0.2) is 4.98 Å². The summed E-state index contributed by atoms with van der Waals surface area (Å²) in [6.45, 7) is 2.07. The molecule has 0 radical (unpaired) electrons. The number of hydrogen-bond donors (Lipinski definition) is 2. The summed E-state index contributed by atoms with van der Waals surface area (Å²) in [5, 5.41) is 8.30. The second-order valence-electron chi connectivity index (χ2n) is 7.27. The van der Waals surface area contributed by atoms with Gasteiger partial charge in [-0.1, -0.05) is 6.07 Å². The van der Waals surface area contributed by atoms with E-state index in [-0.39, 0.29) is 5.13 Å². The molecule has 150 valence electrons. The summed E-state index contributed by atoms with van der Waals surface area (Å²) < 4.78 is 13.6. The third kappa shape index (κ3) is 2.91. The molecule has 0 amide bonds. The van der Waals surface area contributed by atoms with E-state index < -0.39 is 0 Å². The van der Waals surface area contributed by atoms with Crippen molar-refractivity contribution in [3.63, 3.8) is 0 Å². The lowest BCUT2D eigenvalue weighted by molar-refractivity contribution is 0.657. The lowest BCUT2D eigenvalue weighted by atomic mass is 10.0. The minimum atomic E-state index is -0.249. The number of halogens is 1. The van der Waals surface area contributed by atoms with Gasteiger partial charge in [-0.15, -0.1) is 11.3 Å². The van der Waals surface area contributed by atoms with Crippen molar-refractivity contribution in [3.05, 3.63) is 71.7 Å². The number of fused-ring (bicyclic) bond motifs is 2. The van der Waals surface area contributed by atoms with E-state index in [0.717, 1.165) is 55.0 Å². The molecule has 2 N–H and O–H groups in total. The van der Waals surface area contributed by atoms with Crippen LogP contribution >= 0.6 is 11.3 Å². The first-order valence-electron chi connectivity index (χ1n) is 9.67. The Labute approximate surface area is 179 Å². The van der Waals surface area contributed by atoms with Crippen molar-refractivity contribution in [2.75, 3.05) is 0 Å². The van der Waals surface area contributed by atoms with E-state index in [4.69, 9.17) is 4.98 Å². The van der Waals surface area contributed by atoms with Crippen LogP contribution in [0.2, 0.25) is 0 Å². The van der Waals surface area contributed by atoms with Crippen molar-refractivity contribution in [3.8, 4) is 33.2 Å². The smallest absolute Gasteiger partial charge is 0.177 e. The zero-order valence-electron chi connectivity index (χ0n) is 16.3. The van der Waals surface area contributed by atoms with Gasteiger partial charge in [0.25, 0.3) is 0 Å². The van der Waals surface area contributed by atoms with Crippen LogP contribution in [0.15, 0.2) is 61.1 Å². The van der Waals surface area contributed by atoms with E-state index in [1.807, 2.05) is 24.4 Å². The molecule has 1 aromatic carbocycles. The Morgan fingerprint density at radius 2 is 1.90 bits per heavy atom. The van der Waals surface area contributed by atoms with Crippen LogP contribution in [0, 0.1) is 12.1 Å². The van der Waals surface area contributed by atoms with Gasteiger partial charge in [0.2, 0.25) is 0 Å². The summed E-state index contributed by atoms with van der Waals surface area (Å²) in [6, 6.07) is 13.2. The number of imidazole rings is 1. The van der Waals surface area contributed by atoms with Gasteiger partial charge in [0, 0.05) is 29.5 Å². The maximum atomic E-state index is 13.6. The molecule has 8 heteroatoms. The van der Waals surface area contributed by atoms with Gasteiger partial charge in [0.1, 0.15) is 16.9 Å². The highest BCUT2D eigenvalue weighted by Gasteiger charge is 2.17. The van der Waals surface area contributed by atoms with Crippen molar-refractivity contribution in [1.29, 1.82) is 0 Å². The van der Waals surface area contributed by atoms with Gasteiger partial charge < -0.3 is 4.98 Å². The highest BCUT2D eigenvalue weighted by Crippen LogP contribution is 2.34. The lowest BCUT2D eigenvalue weighted by Crippen LogP contribution is -1.86. The van der Waals surface area contributed by atoms with Gasteiger partial charge in [-0.2, -0.15) is 9.49 Å². The summed E-state index contributed by atoms with van der Waals surface area (Å²) in [6.07, 6.45) is 5.36. The molecule has 6 aromatic rings. The summed E-state index contributed by atoms with van der Waals surface area (Å²) in [4.78, 5) is 17.6. The molecule has 0 saturated heterocycles. The van der Waals surface area contributed by atoms with Crippen LogP contribution in [0.1, 0.15) is 5.56 Å². The molecule has 0 aliphatic rings. The second-order valence-corrected chi connectivity index (χ2v) is 8.30. The Kier molecular flexibility index (Phi) is 3.94. The van der Waals surface area contributed by atoms with E-state index >= 15 is 0 Å². The molecule has 0 aliphatic heterocycles. The SMILES string of the molecule is Cc1ccncc1-c1ccc2[nH]nc(-c3nc4c(-c5ccc(F)s5)nccc4[nH]3)c2c1. The second kappa shape index (κ2) is 6.82. The van der Waals surface area contributed by atoms with Crippen LogP contribution in [-0.2, 0) is 0 Å². The largest absolute Gasteiger partial charge is 0.336 e. The number of hydrogen-bond acceptors (Lipinski definition) is 5. The highest BCUT2D eigenvalue weighted by atomic mass is 32.1. The zero-order valence-corrected chi connectivity index (χ0v) is 17.2. The molecule has 0 bridgehead atoms. The summed E-state index contributed by atoms with van der Waals surface area (Å²) in [5.74, 6) is 0.632. The van der Waals surface area contributed by atoms with Crippen LogP contribution in [0.4, 0.5) is 4.39 Å². The minimum Gasteiger partial charge on any atom is -0.336 e. The Morgan fingerprint density at radius 3 is 2.74 bits per heavy atom. The Balaban J connectivity index is 1.52. The number of H-pyrrole nitrogens is 2. The van der Waals surface area contributed by atoms with Crippen LogP contribution in [0.25, 0.3) is 55.2 Å². The van der Waals surface area contributed by atoms with E-state index in [9.17, 15) is 4.39 Å². The third-order valence-corrected chi connectivity index (χ3v) is 6.23. The molecule has 0 unspecified atom stereocenters. The molecule has 0 atom stereocenters. The van der Waals surface area contributed by atoms with E-state index in [1.165, 1.54) is 6.07 Å². The third-order valence-electron chi connectivity index (χ3n) is 5.34. The quantitative estimate of drug-likeness (QED) is 0.378. The molecular weight excluding hydrogens is 411 g/mol. The number of rotatable bonds is 3. The van der Waals surface area contributed by atoms with Crippen molar-refractivity contribution in [2.24, 2.45) is 0 Å². The highest BCUT2D eigenvalue weighted by molar-refractivity contribution is 7.13. The number of aromatic amines is 2. The van der Waals surface area contributed by atoms with Crippen LogP contribution in [0.5, 0.6) is 0 Å². The molecule has 0 spiro atoms. The monoisotopic (exact) mass is 426 g/mol. The molecule has 31 heavy (non-hydrogen) atoms. The van der Waals surface area contributed by atoms with Gasteiger partial charge >= 0.3 is 0 Å². The molecule has 5 heterocycles. The summed E-state index contributed by atoms with van der Waals surface area (Å²) >= 11 is 1.06. The number of aromatic nitrogens is 6. The number of thiophene rings is 1. The Morgan fingerprint density at radius 1 is 0.968 bits per heavy atom. The Hall–Kier alpha value is -3.91. The van der Waals surface area contributed by atoms with Gasteiger partial charge in [0.15, 0.2) is 11.0 Å². The topological polar surface area (TPSA) is 83.1 Å². The molecule has 0 saturated carbocycles. The molecule has 0 aliphatic carbocycles. The molecule has 5 aromatic heterocycles. The van der Waals surface area contributed by atoms with Crippen LogP contribution < -0.4 is 0 Å². The first-order valence-corrected chi connectivity index (χ1v) is 10.5. The van der Waals surface area contributed by atoms with Gasteiger partial charge in [-0.3, -0.25) is 15.1 Å². The van der Waals surface area contributed by atoms with E-state index in [1.54, 1.807) is 18.5 Å². The zero-order chi connectivity index (χ0) is 20.9. The molecular formula is C23H15FN6S. The molecule has 6 rings (SSSR count). The molecule has 6 nitrogen and oxygen atoms in total. The average molecular weight is 426 g/mol. The lowest BCUT2D eigenvalue weighted by Gasteiger charge is -2.05. The number of nitrogens with zero attached hydrogens (tertiary/aromatic N) is 4. The molecule has 0 fully saturated rings. The summed E-state index contributed by atoms with van der Waals surface area (Å²) in [7, 11) is 0. The summed E-state index contributed by atoms with van der Waals surface area (Å²) in [5.41, 5.74) is 7.10. The van der Waals surface area contributed by atoms with Crippen molar-refractivity contribution >= 4 is 33.3 Å². The standard InChI is InChI=1S/C23H15FN6S/c1-12-6-8-25-11-15(12)13-2-3-16-14(10-13)20(30-29-16)23-27-17-7-9-26-22(21(17)28-23)18-4-5-19(24)31-18/h2-11H,1H3,(H,27,28)(H,29,30). The van der Waals surface area contributed by atoms with Crippen LogP contribution in [0.3, 0.4) is 0 Å². The first-order chi connectivity index (χ1) is 15.2. The first kappa shape index (κ1) is 17.9. The number of benzene rings is 1. The Bertz CT molecular complexity index is 1580. The van der Waals surface area contributed by atoms with E-state index in [2.05, 4.69) is 44.2 Å². The van der Waals surface area contributed by atoms with Crippen molar-refractivity contribution < 1.29 is 4.39 Å². The van der Waals surface area contributed by atoms with Crippen LogP contribution in [-0.4, -0.2) is 30.1 Å². The maximum Gasteiger partial charge on any atom is 0.177 e. The average Bonchev–Trinajstić information content (AvgIpc) is 3.50. The number of nitrogens with one attached hydrogen (secondary N) is 2. The fourth-order valence-corrected chi connectivity index (χ4v) is 4.53. The van der Waals surface area contributed by atoms with Gasteiger partial charge in [-0.05, 0) is 54.4 Å². The minimum absolute atomic E-state index is 0.249. The predicted octanol–water partition coefficient (Wildman–Crippen LogP) is 5.74. The number of aryl methyl sites for hydroxylation is 1. The predicted molar refractivity (Wildman–Crippen MR) is 120 cm³/mol. The normalized spacial score (nSPS) is 11.5. The maximum absolute atomic E-state index is 13.6. The van der Waals surface area contributed by atoms with Crippen molar-refractivity contribution in [1.82, 2.24) is 30.1 Å². The fraction of sp³-hybridized carbons (Fsp3) is 0.0435. The van der Waals surface area contributed by atoms with Gasteiger partial charge in [0.05, 0.1) is 15.9 Å². The van der Waals surface area contributed by atoms with Crippen molar-refractivity contribution in [2.45, 2.75) is 6.92 Å². The van der Waals surface area contributed by atoms with E-state index in [0.29, 0.717) is 17.0 Å². The fourth-order valence-electron chi connectivity index (χ4n) is 3.80. The number of pyridine rings is 2.